The molecule has 20 heavy (non-hydrogen) atoms. The molecular weight excluding hydrogens is 318 g/mol. The van der Waals surface area contributed by atoms with Crippen molar-refractivity contribution in [2.45, 2.75) is 39.3 Å². The molecule has 0 aliphatic rings. The minimum atomic E-state index is -0.443. The molecule has 0 aromatic heterocycles. The molecule has 2 N–H and O–H groups in total. The van der Waals surface area contributed by atoms with E-state index in [4.69, 9.17) is 4.74 Å². The Morgan fingerprint density at radius 1 is 1.35 bits per heavy atom. The van der Waals surface area contributed by atoms with Gasteiger partial charge < -0.3 is 15.2 Å². The van der Waals surface area contributed by atoms with Crippen molar-refractivity contribution in [1.29, 1.82) is 0 Å². The highest BCUT2D eigenvalue weighted by atomic mass is 79.9. The van der Waals surface area contributed by atoms with Gasteiger partial charge in [-0.05, 0) is 36.5 Å². The second-order valence-corrected chi connectivity index (χ2v) is 6.44. The first-order valence-electron chi connectivity index (χ1n) is 7.29. The van der Waals surface area contributed by atoms with Crippen LogP contribution in [0.1, 0.15) is 32.3 Å². The molecule has 4 heteroatoms. The average molecular weight is 344 g/mol. The molecule has 0 spiro atoms. The van der Waals surface area contributed by atoms with Crippen LogP contribution in [-0.2, 0) is 11.3 Å². The lowest BCUT2D eigenvalue weighted by Crippen LogP contribution is -2.30. The molecule has 0 radical (unpaired) electrons. The minimum Gasteiger partial charge on any atom is -0.389 e. The minimum absolute atomic E-state index is 0.406. The zero-order valence-corrected chi connectivity index (χ0v) is 14.0. The molecule has 1 aromatic carbocycles. The summed E-state index contributed by atoms with van der Waals surface area (Å²) in [6.07, 6.45) is 1.80. The number of rotatable bonds is 10. The maximum atomic E-state index is 9.79. The van der Waals surface area contributed by atoms with Crippen molar-refractivity contribution >= 4 is 15.9 Å². The summed E-state index contributed by atoms with van der Waals surface area (Å²) in [5.74, 6) is 0.718. The lowest BCUT2D eigenvalue weighted by Gasteiger charge is -2.13. The van der Waals surface area contributed by atoms with Gasteiger partial charge >= 0.3 is 0 Å². The lowest BCUT2D eigenvalue weighted by atomic mass is 10.1. The van der Waals surface area contributed by atoms with Crippen LogP contribution in [0.25, 0.3) is 0 Å². The van der Waals surface area contributed by atoms with E-state index in [-0.39, 0.29) is 0 Å². The standard InChI is InChI=1S/C16H26BrNO2/c1-13(2)5-4-8-20-12-16(19)11-18-10-14-6-3-7-15(17)9-14/h3,6-7,9,13,16,18-19H,4-5,8,10-12H2,1-2H3. The summed E-state index contributed by atoms with van der Waals surface area (Å²) in [6, 6.07) is 8.15. The Morgan fingerprint density at radius 3 is 2.85 bits per heavy atom. The maximum Gasteiger partial charge on any atom is 0.0897 e. The number of halogens is 1. The Hall–Kier alpha value is -0.420. The molecule has 1 rings (SSSR count). The summed E-state index contributed by atoms with van der Waals surface area (Å²) in [5, 5.41) is 13.0. The SMILES string of the molecule is CC(C)CCCOCC(O)CNCc1cccc(Br)c1. The van der Waals surface area contributed by atoms with Gasteiger partial charge in [0, 0.05) is 24.2 Å². The Labute approximate surface area is 130 Å². The highest BCUT2D eigenvalue weighted by molar-refractivity contribution is 9.10. The van der Waals surface area contributed by atoms with Gasteiger partial charge in [-0.25, -0.2) is 0 Å². The van der Waals surface area contributed by atoms with E-state index in [9.17, 15) is 5.11 Å². The molecule has 0 saturated carbocycles. The van der Waals surface area contributed by atoms with Gasteiger partial charge in [-0.2, -0.15) is 0 Å². The molecule has 3 nitrogen and oxygen atoms in total. The van der Waals surface area contributed by atoms with E-state index < -0.39 is 6.10 Å². The predicted molar refractivity (Wildman–Crippen MR) is 86.7 cm³/mol. The summed E-state index contributed by atoms with van der Waals surface area (Å²) in [7, 11) is 0. The number of benzene rings is 1. The molecule has 0 aliphatic carbocycles. The molecule has 1 unspecified atom stereocenters. The predicted octanol–water partition coefficient (Wildman–Crippen LogP) is 3.35. The summed E-state index contributed by atoms with van der Waals surface area (Å²) < 4.78 is 6.55. The number of nitrogens with one attached hydrogen (secondary N) is 1. The van der Waals surface area contributed by atoms with Gasteiger partial charge in [0.15, 0.2) is 0 Å². The van der Waals surface area contributed by atoms with Crippen molar-refractivity contribution in [1.82, 2.24) is 5.32 Å². The van der Waals surface area contributed by atoms with Gasteiger partial charge in [0.1, 0.15) is 0 Å². The smallest absolute Gasteiger partial charge is 0.0897 e. The number of hydrogen-bond acceptors (Lipinski definition) is 3. The Bertz CT molecular complexity index is 371. The Kier molecular flexibility index (Phi) is 9.10. The average Bonchev–Trinajstić information content (AvgIpc) is 2.38. The molecule has 0 aliphatic heterocycles. The fourth-order valence-corrected chi connectivity index (χ4v) is 2.35. The number of ether oxygens (including phenoxy) is 1. The summed E-state index contributed by atoms with van der Waals surface area (Å²) in [5.41, 5.74) is 1.20. The topological polar surface area (TPSA) is 41.5 Å². The number of hydrogen-bond donors (Lipinski definition) is 2. The highest BCUT2D eigenvalue weighted by Crippen LogP contribution is 2.11. The first kappa shape index (κ1) is 17.6. The summed E-state index contributed by atoms with van der Waals surface area (Å²) in [4.78, 5) is 0. The zero-order valence-electron chi connectivity index (χ0n) is 12.4. The molecule has 1 aromatic rings. The third-order valence-corrected chi connectivity index (χ3v) is 3.47. The summed E-state index contributed by atoms with van der Waals surface area (Å²) >= 11 is 3.44. The first-order valence-corrected chi connectivity index (χ1v) is 8.08. The third-order valence-electron chi connectivity index (χ3n) is 2.98. The van der Waals surface area contributed by atoms with Gasteiger partial charge in [0.05, 0.1) is 12.7 Å². The summed E-state index contributed by atoms with van der Waals surface area (Å²) in [6.45, 7) is 6.87. The van der Waals surface area contributed by atoms with Crippen molar-refractivity contribution in [2.24, 2.45) is 5.92 Å². The second-order valence-electron chi connectivity index (χ2n) is 5.53. The first-order chi connectivity index (χ1) is 9.58. The quantitative estimate of drug-likeness (QED) is 0.640. The Morgan fingerprint density at radius 2 is 2.15 bits per heavy atom. The molecule has 0 heterocycles. The van der Waals surface area contributed by atoms with E-state index in [0.717, 1.165) is 30.0 Å². The van der Waals surface area contributed by atoms with Crippen molar-refractivity contribution in [3.8, 4) is 0 Å². The van der Waals surface area contributed by atoms with Crippen LogP contribution in [-0.4, -0.2) is 31.0 Å². The molecular formula is C16H26BrNO2. The van der Waals surface area contributed by atoms with E-state index in [1.807, 2.05) is 12.1 Å². The van der Waals surface area contributed by atoms with Gasteiger partial charge in [-0.1, -0.05) is 41.9 Å². The fraction of sp³-hybridized carbons (Fsp3) is 0.625. The monoisotopic (exact) mass is 343 g/mol. The van der Waals surface area contributed by atoms with Crippen LogP contribution in [0.4, 0.5) is 0 Å². The van der Waals surface area contributed by atoms with Crippen LogP contribution < -0.4 is 5.32 Å². The fourth-order valence-electron chi connectivity index (χ4n) is 1.90. The maximum absolute atomic E-state index is 9.79. The van der Waals surface area contributed by atoms with Crippen LogP contribution in [0.2, 0.25) is 0 Å². The van der Waals surface area contributed by atoms with Crippen molar-refractivity contribution in [3.63, 3.8) is 0 Å². The normalized spacial score (nSPS) is 12.8. The molecule has 114 valence electrons. The van der Waals surface area contributed by atoms with E-state index >= 15 is 0 Å². The van der Waals surface area contributed by atoms with Gasteiger partial charge in [0.25, 0.3) is 0 Å². The van der Waals surface area contributed by atoms with Crippen molar-refractivity contribution in [3.05, 3.63) is 34.3 Å². The van der Waals surface area contributed by atoms with Crippen molar-refractivity contribution in [2.75, 3.05) is 19.8 Å². The van der Waals surface area contributed by atoms with Crippen LogP contribution in [0.15, 0.2) is 28.7 Å². The molecule has 0 amide bonds. The van der Waals surface area contributed by atoms with E-state index in [0.29, 0.717) is 13.2 Å². The van der Waals surface area contributed by atoms with Gasteiger partial charge in [-0.15, -0.1) is 0 Å². The van der Waals surface area contributed by atoms with Crippen molar-refractivity contribution < 1.29 is 9.84 Å². The number of aliphatic hydroxyl groups excluding tert-OH is 1. The van der Waals surface area contributed by atoms with Gasteiger partial charge in [0.2, 0.25) is 0 Å². The molecule has 0 bridgehead atoms. The van der Waals surface area contributed by atoms with Gasteiger partial charge in [-0.3, -0.25) is 0 Å². The van der Waals surface area contributed by atoms with E-state index in [2.05, 4.69) is 47.2 Å². The van der Waals surface area contributed by atoms with Crippen LogP contribution in [0, 0.1) is 5.92 Å². The van der Waals surface area contributed by atoms with Crippen LogP contribution in [0.5, 0.6) is 0 Å². The van der Waals surface area contributed by atoms with E-state index in [1.54, 1.807) is 0 Å². The molecule has 0 fully saturated rings. The highest BCUT2D eigenvalue weighted by Gasteiger charge is 2.04. The van der Waals surface area contributed by atoms with Crippen LogP contribution >= 0.6 is 15.9 Å². The Balaban J connectivity index is 2.04. The largest absolute Gasteiger partial charge is 0.389 e. The lowest BCUT2D eigenvalue weighted by molar-refractivity contribution is 0.0346. The third kappa shape index (κ3) is 8.69. The zero-order chi connectivity index (χ0) is 14.8. The molecule has 1 atom stereocenters. The van der Waals surface area contributed by atoms with E-state index in [1.165, 1.54) is 12.0 Å². The number of aliphatic hydroxyl groups is 1. The second kappa shape index (κ2) is 10.3. The molecule has 0 saturated heterocycles. The van der Waals surface area contributed by atoms with Crippen LogP contribution in [0.3, 0.4) is 0 Å².